The van der Waals surface area contributed by atoms with Gasteiger partial charge in [0.15, 0.2) is 0 Å². The summed E-state index contributed by atoms with van der Waals surface area (Å²) in [6.45, 7) is 12.1. The maximum absolute atomic E-state index is 5.80. The first-order chi connectivity index (χ1) is 16.2. The molecule has 9 nitrogen and oxygen atoms in total. The van der Waals surface area contributed by atoms with Crippen molar-refractivity contribution in [2.45, 2.75) is 47.5 Å². The number of rotatable bonds is 5. The highest BCUT2D eigenvalue weighted by molar-refractivity contribution is 6.13. The molecule has 0 saturated heterocycles. The Labute approximate surface area is 197 Å². The van der Waals surface area contributed by atoms with Crippen molar-refractivity contribution in [3.8, 4) is 16.9 Å². The Hall–Kier alpha value is -3.88. The van der Waals surface area contributed by atoms with Crippen LogP contribution in [0.25, 0.3) is 33.1 Å². The molecule has 0 atom stereocenters. The summed E-state index contributed by atoms with van der Waals surface area (Å²) in [6.07, 6.45) is 0. The molecule has 0 unspecified atom stereocenters. The van der Waals surface area contributed by atoms with Gasteiger partial charge in [-0.3, -0.25) is 4.68 Å². The van der Waals surface area contributed by atoms with Crippen LogP contribution in [0.5, 0.6) is 5.75 Å². The molecule has 9 heteroatoms. The lowest BCUT2D eigenvalue weighted by molar-refractivity contribution is 0.393. The van der Waals surface area contributed by atoms with Crippen LogP contribution in [0, 0.1) is 27.7 Å². The van der Waals surface area contributed by atoms with Crippen molar-refractivity contribution in [3.63, 3.8) is 0 Å². The summed E-state index contributed by atoms with van der Waals surface area (Å²) in [7, 11) is 3.63. The fourth-order valence-corrected chi connectivity index (χ4v) is 4.57. The van der Waals surface area contributed by atoms with Gasteiger partial charge in [-0.15, -0.1) is 0 Å². The highest BCUT2D eigenvalue weighted by Crippen LogP contribution is 2.41. The molecule has 0 radical (unpaired) electrons. The molecule has 4 heterocycles. The van der Waals surface area contributed by atoms with Crippen LogP contribution in [0.2, 0.25) is 0 Å². The molecular weight excluding hydrogens is 430 g/mol. The molecule has 0 aliphatic heterocycles. The number of nitrogens with zero attached hydrogens (tertiary/aromatic N) is 5. The maximum atomic E-state index is 5.80. The quantitative estimate of drug-likeness (QED) is 0.352. The third kappa shape index (κ3) is 3.30. The van der Waals surface area contributed by atoms with Crippen molar-refractivity contribution in [1.29, 1.82) is 0 Å². The Morgan fingerprint density at radius 1 is 1.12 bits per heavy atom. The van der Waals surface area contributed by atoms with Gasteiger partial charge < -0.3 is 19.6 Å². The highest BCUT2D eigenvalue weighted by atomic mass is 16.5. The summed E-state index contributed by atoms with van der Waals surface area (Å²) in [5.41, 5.74) is 7.39. The molecule has 5 aromatic rings. The minimum absolute atomic E-state index is 0.265. The van der Waals surface area contributed by atoms with Gasteiger partial charge in [0.1, 0.15) is 28.8 Å². The summed E-state index contributed by atoms with van der Waals surface area (Å²) in [6, 6.07) is 4.09. The normalized spacial score (nSPS) is 11.8. The zero-order chi connectivity index (χ0) is 24.3. The second-order valence-corrected chi connectivity index (χ2v) is 9.01. The average molecular weight is 460 g/mol. The number of H-pyrrole nitrogens is 1. The SMILES string of the molecule is COc1cc2c(cc1-c1c(C)noc1C)[nH]c1nc(C)nc(Nc3c(C(C)C)nn(C)c3C)c12. The van der Waals surface area contributed by atoms with Gasteiger partial charge in [0, 0.05) is 23.5 Å². The van der Waals surface area contributed by atoms with E-state index in [0.29, 0.717) is 5.82 Å². The predicted octanol–water partition coefficient (Wildman–Crippen LogP) is 5.61. The molecule has 0 bridgehead atoms. The summed E-state index contributed by atoms with van der Waals surface area (Å²) in [5.74, 6) is 3.15. The lowest BCUT2D eigenvalue weighted by atomic mass is 10.0. The van der Waals surface area contributed by atoms with E-state index in [1.54, 1.807) is 7.11 Å². The van der Waals surface area contributed by atoms with Gasteiger partial charge in [-0.1, -0.05) is 19.0 Å². The van der Waals surface area contributed by atoms with E-state index in [-0.39, 0.29) is 5.92 Å². The fraction of sp³-hybridized carbons (Fsp3) is 0.360. The number of anilines is 2. The third-order valence-electron chi connectivity index (χ3n) is 6.34. The van der Waals surface area contributed by atoms with E-state index in [4.69, 9.17) is 19.3 Å². The summed E-state index contributed by atoms with van der Waals surface area (Å²) in [5, 5.41) is 14.3. The lowest BCUT2D eigenvalue weighted by Gasteiger charge is -2.12. The van der Waals surface area contributed by atoms with Crippen LogP contribution in [0.1, 0.15) is 48.4 Å². The number of methoxy groups -OCH3 is 1. The lowest BCUT2D eigenvalue weighted by Crippen LogP contribution is -2.02. The average Bonchev–Trinajstić information content (AvgIpc) is 3.40. The second-order valence-electron chi connectivity index (χ2n) is 9.01. The van der Waals surface area contributed by atoms with Crippen LogP contribution < -0.4 is 10.1 Å². The molecule has 1 aromatic carbocycles. The van der Waals surface area contributed by atoms with Crippen LogP contribution in [-0.4, -0.2) is 37.0 Å². The first kappa shape index (κ1) is 21.9. The standard InChI is InChI=1S/C25H29N7O2/c1-11(2)22-23(13(4)32(7)30-22)29-25-21-16-10-19(33-8)17(20-12(3)31-34-14(20)5)9-18(16)28-24(21)26-15(6)27-25/h9-11H,1-8H3,(H2,26,27,28,29). The molecule has 176 valence electrons. The number of aromatic nitrogens is 6. The van der Waals surface area contributed by atoms with Crippen molar-refractivity contribution < 1.29 is 9.26 Å². The molecule has 0 fully saturated rings. The van der Waals surface area contributed by atoms with Crippen LogP contribution in [-0.2, 0) is 7.05 Å². The predicted molar refractivity (Wildman–Crippen MR) is 133 cm³/mol. The van der Waals surface area contributed by atoms with Gasteiger partial charge in [0.25, 0.3) is 0 Å². The minimum atomic E-state index is 0.265. The van der Waals surface area contributed by atoms with E-state index < -0.39 is 0 Å². The zero-order valence-electron chi connectivity index (χ0n) is 20.8. The van der Waals surface area contributed by atoms with Crippen LogP contribution in [0.4, 0.5) is 11.5 Å². The first-order valence-corrected chi connectivity index (χ1v) is 11.3. The van der Waals surface area contributed by atoms with Crippen molar-refractivity contribution in [3.05, 3.63) is 40.8 Å². The largest absolute Gasteiger partial charge is 0.496 e. The Bertz CT molecular complexity index is 1540. The van der Waals surface area contributed by atoms with Crippen LogP contribution in [0.15, 0.2) is 16.7 Å². The smallest absolute Gasteiger partial charge is 0.144 e. The summed E-state index contributed by atoms with van der Waals surface area (Å²) >= 11 is 0. The van der Waals surface area contributed by atoms with E-state index in [1.165, 1.54) is 0 Å². The Morgan fingerprint density at radius 2 is 1.88 bits per heavy atom. The molecule has 0 spiro atoms. The summed E-state index contributed by atoms with van der Waals surface area (Å²) < 4.78 is 13.1. The number of ether oxygens (including phenoxy) is 1. The molecular formula is C25H29N7O2. The number of aryl methyl sites for hydroxylation is 4. The van der Waals surface area contributed by atoms with Crippen LogP contribution in [0.3, 0.4) is 0 Å². The fourth-order valence-electron chi connectivity index (χ4n) is 4.57. The molecule has 0 amide bonds. The number of nitrogens with one attached hydrogen (secondary N) is 2. The van der Waals surface area contributed by atoms with Gasteiger partial charge >= 0.3 is 0 Å². The zero-order valence-corrected chi connectivity index (χ0v) is 20.8. The van der Waals surface area contributed by atoms with Crippen molar-refractivity contribution in [2.75, 3.05) is 12.4 Å². The molecule has 4 aromatic heterocycles. The molecule has 0 saturated carbocycles. The number of aromatic amines is 1. The Balaban J connectivity index is 1.76. The number of hydrogen-bond acceptors (Lipinski definition) is 7. The van der Waals surface area contributed by atoms with E-state index in [1.807, 2.05) is 38.6 Å². The molecule has 0 aliphatic carbocycles. The Morgan fingerprint density at radius 3 is 2.53 bits per heavy atom. The van der Waals surface area contributed by atoms with Crippen molar-refractivity contribution >= 4 is 33.4 Å². The van der Waals surface area contributed by atoms with E-state index in [2.05, 4.69) is 47.3 Å². The maximum Gasteiger partial charge on any atom is 0.144 e. The monoisotopic (exact) mass is 459 g/mol. The number of hydrogen-bond donors (Lipinski definition) is 2. The van der Waals surface area contributed by atoms with Gasteiger partial charge in [0.2, 0.25) is 0 Å². The van der Waals surface area contributed by atoms with Crippen molar-refractivity contribution in [2.24, 2.45) is 7.05 Å². The van der Waals surface area contributed by atoms with Gasteiger partial charge in [0.05, 0.1) is 40.8 Å². The topological polar surface area (TPSA) is 107 Å². The molecule has 2 N–H and O–H groups in total. The first-order valence-electron chi connectivity index (χ1n) is 11.3. The van der Waals surface area contributed by atoms with Gasteiger partial charge in [-0.05, 0) is 45.7 Å². The van der Waals surface area contributed by atoms with Crippen LogP contribution >= 0.6 is 0 Å². The van der Waals surface area contributed by atoms with E-state index in [0.717, 1.165) is 73.2 Å². The summed E-state index contributed by atoms with van der Waals surface area (Å²) in [4.78, 5) is 12.9. The van der Waals surface area contributed by atoms with Gasteiger partial charge in [-0.2, -0.15) is 5.10 Å². The Kier molecular flexibility index (Phi) is 5.07. The number of benzene rings is 1. The van der Waals surface area contributed by atoms with E-state index in [9.17, 15) is 0 Å². The number of fused-ring (bicyclic) bond motifs is 3. The third-order valence-corrected chi connectivity index (χ3v) is 6.34. The van der Waals surface area contributed by atoms with Crippen molar-refractivity contribution in [1.82, 2.24) is 29.9 Å². The minimum Gasteiger partial charge on any atom is -0.496 e. The highest BCUT2D eigenvalue weighted by Gasteiger charge is 2.22. The van der Waals surface area contributed by atoms with E-state index >= 15 is 0 Å². The second kappa shape index (κ2) is 7.86. The molecule has 34 heavy (non-hydrogen) atoms. The van der Waals surface area contributed by atoms with Gasteiger partial charge in [-0.25, -0.2) is 9.97 Å². The molecule has 5 rings (SSSR count). The molecule has 0 aliphatic rings.